The minimum Gasteiger partial charge on any atom is -0.510 e. The summed E-state index contributed by atoms with van der Waals surface area (Å²) in [5.41, 5.74) is 3.33. The maximum atomic E-state index is 4.79. The van der Waals surface area contributed by atoms with Gasteiger partial charge in [-0.25, -0.2) is 0 Å². The third-order valence-corrected chi connectivity index (χ3v) is 10.0. The van der Waals surface area contributed by atoms with E-state index in [-0.39, 0.29) is 21.1 Å². The van der Waals surface area contributed by atoms with Gasteiger partial charge in [0.1, 0.15) is 0 Å². The zero-order chi connectivity index (χ0) is 23.3. The monoisotopic (exact) mass is 653 g/mol. The zero-order valence-electron chi connectivity index (χ0n) is 20.0. The summed E-state index contributed by atoms with van der Waals surface area (Å²) in [6, 6.07) is 27.1. The van der Waals surface area contributed by atoms with Crippen molar-refractivity contribution in [2.45, 2.75) is 13.1 Å². The first-order valence-electron chi connectivity index (χ1n) is 11.6. The van der Waals surface area contributed by atoms with Crippen LogP contribution in [0, 0.1) is 18.8 Å². The molecule has 0 spiro atoms. The normalized spacial score (nSPS) is 15.5. The van der Waals surface area contributed by atoms with Crippen LogP contribution in [0.4, 0.5) is 5.69 Å². The van der Waals surface area contributed by atoms with Gasteiger partial charge >= 0.3 is 21.1 Å². The minimum atomic E-state index is -2.06. The Labute approximate surface area is 222 Å². The molecule has 3 heterocycles. The quantitative estimate of drug-likeness (QED) is 0.221. The van der Waals surface area contributed by atoms with Gasteiger partial charge in [-0.1, -0.05) is 66.8 Å². The van der Waals surface area contributed by atoms with Crippen molar-refractivity contribution in [2.24, 2.45) is 0 Å². The largest absolute Gasteiger partial charge is 4.00 e. The van der Waals surface area contributed by atoms with Crippen molar-refractivity contribution in [2.75, 3.05) is 18.5 Å². The molecule has 6 rings (SSSR count). The molecule has 0 aliphatic carbocycles. The van der Waals surface area contributed by atoms with Gasteiger partial charge in [0.05, 0.1) is 8.07 Å². The number of hydrogen-bond acceptors (Lipinski definition) is 2. The van der Waals surface area contributed by atoms with Gasteiger partial charge in [0.2, 0.25) is 0 Å². The molecule has 35 heavy (non-hydrogen) atoms. The van der Waals surface area contributed by atoms with Crippen LogP contribution in [0.1, 0.15) is 0 Å². The third-order valence-electron chi connectivity index (χ3n) is 6.73. The molecule has 176 valence electrons. The first-order chi connectivity index (χ1) is 16.5. The number of rotatable bonds is 4. The van der Waals surface area contributed by atoms with Crippen LogP contribution in [-0.4, -0.2) is 31.1 Å². The molecule has 1 aromatic heterocycles. The number of nitrogens with zero attached hydrogens (tertiary/aromatic N) is 4. The number of aromatic nitrogens is 1. The summed E-state index contributed by atoms with van der Waals surface area (Å²) in [6.07, 6.45) is 10.4. The first kappa shape index (κ1) is 23.7. The van der Waals surface area contributed by atoms with Crippen molar-refractivity contribution in [3.8, 4) is 0 Å². The van der Waals surface area contributed by atoms with E-state index >= 15 is 0 Å². The molecule has 0 bridgehead atoms. The summed E-state index contributed by atoms with van der Waals surface area (Å²) in [5.74, 6) is 0.968. The summed E-state index contributed by atoms with van der Waals surface area (Å²) in [5, 5.41) is 9.77. The third kappa shape index (κ3) is 4.07. The van der Waals surface area contributed by atoms with Crippen LogP contribution in [-0.2, 0) is 21.1 Å². The SMILES string of the molecule is CN1C=CN(c2[c-]c([Si](C)(C)c3[c-]c4c(cc3)c3ccccc3n4C3=CC=CC[N-]3)ccc2)[CH-]1.[Pt+4]. The molecule has 0 amide bonds. The van der Waals surface area contributed by atoms with Crippen molar-refractivity contribution in [1.82, 2.24) is 9.47 Å². The second-order valence-electron chi connectivity index (χ2n) is 9.34. The number of hydrogen-bond donors (Lipinski definition) is 0. The number of para-hydroxylation sites is 1. The average Bonchev–Trinajstić information content (AvgIpc) is 3.45. The van der Waals surface area contributed by atoms with Gasteiger partial charge in [-0.2, -0.15) is 59.5 Å². The Kier molecular flexibility index (Phi) is 6.24. The molecule has 0 saturated heterocycles. The van der Waals surface area contributed by atoms with E-state index in [9.17, 15) is 0 Å². The smallest absolute Gasteiger partial charge is 0.510 e. The Hall–Kier alpha value is -3.01. The molecule has 0 fully saturated rings. The molecular formula is C29H26N4PtSi. The molecule has 2 aliphatic rings. The second-order valence-corrected chi connectivity index (χ2v) is 13.7. The molecule has 0 saturated carbocycles. The Bertz CT molecular complexity index is 1500. The van der Waals surface area contributed by atoms with Crippen molar-refractivity contribution in [3.05, 3.63) is 109 Å². The molecule has 4 aromatic rings. The van der Waals surface area contributed by atoms with Crippen LogP contribution in [0.15, 0.2) is 85.2 Å². The van der Waals surface area contributed by atoms with Crippen LogP contribution in [0.2, 0.25) is 13.1 Å². The van der Waals surface area contributed by atoms with Crippen molar-refractivity contribution in [3.63, 3.8) is 0 Å². The fourth-order valence-corrected chi connectivity index (χ4v) is 6.94. The van der Waals surface area contributed by atoms with E-state index in [0.29, 0.717) is 6.54 Å². The fourth-order valence-electron chi connectivity index (χ4n) is 4.76. The average molecular weight is 654 g/mol. The van der Waals surface area contributed by atoms with E-state index in [1.54, 1.807) is 0 Å². The summed E-state index contributed by atoms with van der Waals surface area (Å²) in [4.78, 5) is 4.16. The fraction of sp³-hybridized carbons (Fsp3) is 0.138. The summed E-state index contributed by atoms with van der Waals surface area (Å²) in [7, 11) is -0.0263. The van der Waals surface area contributed by atoms with Crippen molar-refractivity contribution < 1.29 is 21.1 Å². The van der Waals surface area contributed by atoms with Gasteiger partial charge in [-0.05, 0) is 31.5 Å². The van der Waals surface area contributed by atoms with Crippen molar-refractivity contribution in [1.29, 1.82) is 0 Å². The van der Waals surface area contributed by atoms with E-state index in [0.717, 1.165) is 17.0 Å². The maximum Gasteiger partial charge on any atom is 4.00 e. The van der Waals surface area contributed by atoms with Crippen molar-refractivity contribution >= 4 is 51.8 Å². The van der Waals surface area contributed by atoms with Crippen LogP contribution in [0.5, 0.6) is 0 Å². The van der Waals surface area contributed by atoms with Gasteiger partial charge < -0.3 is 19.7 Å². The van der Waals surface area contributed by atoms with Crippen LogP contribution in [0.25, 0.3) is 32.9 Å². The molecule has 4 nitrogen and oxygen atoms in total. The van der Waals surface area contributed by atoms with Gasteiger partial charge in [-0.15, -0.1) is 16.6 Å². The standard InChI is InChI=1S/C29H26N4Si.Pt/c1-31-17-18-32(21-31)22-9-8-10-23(19-22)34(2,3)24-14-15-26-25-11-4-5-12-27(25)33(28(26)20-24)29-13-6-7-16-30-29;/h4-15,17-18,21H,16H2,1-3H3;/q-4;+4. The van der Waals surface area contributed by atoms with Gasteiger partial charge in [0, 0.05) is 0 Å². The van der Waals surface area contributed by atoms with Crippen LogP contribution >= 0.6 is 0 Å². The number of anilines is 1. The topological polar surface area (TPSA) is 25.5 Å². The molecule has 0 atom stereocenters. The Morgan fingerprint density at radius 1 is 0.914 bits per heavy atom. The van der Waals surface area contributed by atoms with E-state index < -0.39 is 8.07 Å². The molecule has 0 N–H and O–H groups in total. The number of fused-ring (bicyclic) bond motifs is 3. The summed E-state index contributed by atoms with van der Waals surface area (Å²) >= 11 is 0. The predicted octanol–water partition coefficient (Wildman–Crippen LogP) is 5.30. The Morgan fingerprint density at radius 3 is 2.51 bits per heavy atom. The number of allylic oxidation sites excluding steroid dienone is 2. The first-order valence-corrected chi connectivity index (χ1v) is 14.6. The molecule has 0 radical (unpaired) electrons. The second kappa shape index (κ2) is 9.21. The maximum absolute atomic E-state index is 4.79. The molecule has 2 aliphatic heterocycles. The van der Waals surface area contributed by atoms with E-state index in [2.05, 4.69) is 120 Å². The summed E-state index contributed by atoms with van der Waals surface area (Å²) in [6.45, 7) is 7.54. The van der Waals surface area contributed by atoms with E-state index in [4.69, 9.17) is 5.32 Å². The Balaban J connectivity index is 0.00000253. The molecule has 6 heteroatoms. The van der Waals surface area contributed by atoms with Crippen LogP contribution < -0.4 is 15.3 Å². The van der Waals surface area contributed by atoms with Gasteiger partial charge in [0.15, 0.2) is 0 Å². The zero-order valence-corrected chi connectivity index (χ0v) is 23.2. The molecule has 3 aromatic carbocycles. The molecular weight excluding hydrogens is 628 g/mol. The summed E-state index contributed by atoms with van der Waals surface area (Å²) < 4.78 is 2.27. The van der Waals surface area contributed by atoms with E-state index in [1.807, 2.05) is 18.1 Å². The predicted molar refractivity (Wildman–Crippen MR) is 146 cm³/mol. The Morgan fingerprint density at radius 2 is 1.74 bits per heavy atom. The van der Waals surface area contributed by atoms with Gasteiger partial charge in [-0.3, -0.25) is 0 Å². The van der Waals surface area contributed by atoms with E-state index in [1.165, 1.54) is 26.7 Å². The minimum absolute atomic E-state index is 0. The number of benzene rings is 3. The van der Waals surface area contributed by atoms with Crippen LogP contribution in [0.3, 0.4) is 0 Å². The molecule has 0 unspecified atom stereocenters. The van der Waals surface area contributed by atoms with Gasteiger partial charge in [0.25, 0.3) is 0 Å².